The van der Waals surface area contributed by atoms with Crippen molar-refractivity contribution in [1.29, 1.82) is 0 Å². The minimum Gasteiger partial charge on any atom is -0.321 e. The van der Waals surface area contributed by atoms with Crippen LogP contribution in [0.15, 0.2) is 29.0 Å². The second-order valence-corrected chi connectivity index (χ2v) is 5.77. The van der Waals surface area contributed by atoms with Crippen LogP contribution in [-0.4, -0.2) is 19.5 Å². The van der Waals surface area contributed by atoms with E-state index >= 15 is 0 Å². The lowest BCUT2D eigenvalue weighted by molar-refractivity contribution is 0.622. The van der Waals surface area contributed by atoms with E-state index in [1.807, 2.05) is 11.5 Å². The second kappa shape index (κ2) is 5.69. The Morgan fingerprint density at radius 3 is 2.76 bits per heavy atom. The Kier molecular flexibility index (Phi) is 3.91. The van der Waals surface area contributed by atoms with Crippen molar-refractivity contribution in [2.75, 3.05) is 0 Å². The van der Waals surface area contributed by atoms with Crippen molar-refractivity contribution in [2.24, 2.45) is 0 Å². The number of imidazole rings is 1. The summed E-state index contributed by atoms with van der Waals surface area (Å²) < 4.78 is 15.9. The molecule has 108 valence electrons. The molecule has 0 aliphatic rings. The lowest BCUT2D eigenvalue weighted by Gasteiger charge is -2.07. The quantitative estimate of drug-likeness (QED) is 0.659. The van der Waals surface area contributed by atoms with Crippen molar-refractivity contribution >= 4 is 38.6 Å². The van der Waals surface area contributed by atoms with Crippen LogP contribution in [-0.2, 0) is 12.4 Å². The second-order valence-electron chi connectivity index (χ2n) is 4.65. The maximum atomic E-state index is 13.6. The molecule has 0 amide bonds. The van der Waals surface area contributed by atoms with Crippen molar-refractivity contribution in [1.82, 2.24) is 19.5 Å². The molecular formula is C14H11BrClFN4. The monoisotopic (exact) mass is 368 g/mol. The Bertz CT molecular complexity index is 801. The minimum absolute atomic E-state index is 0.243. The maximum absolute atomic E-state index is 13.6. The van der Waals surface area contributed by atoms with Gasteiger partial charge in [-0.2, -0.15) is 0 Å². The van der Waals surface area contributed by atoms with E-state index < -0.39 is 0 Å². The van der Waals surface area contributed by atoms with Crippen LogP contribution < -0.4 is 0 Å². The summed E-state index contributed by atoms with van der Waals surface area (Å²) in [5.74, 6) is 0.572. The van der Waals surface area contributed by atoms with E-state index in [2.05, 4.69) is 30.9 Å². The highest BCUT2D eigenvalue weighted by Gasteiger charge is 2.13. The van der Waals surface area contributed by atoms with Gasteiger partial charge in [-0.15, -0.1) is 11.6 Å². The molecular weight excluding hydrogens is 359 g/mol. The summed E-state index contributed by atoms with van der Waals surface area (Å²) in [7, 11) is 0. The number of benzene rings is 1. The van der Waals surface area contributed by atoms with Gasteiger partial charge in [-0.1, -0.05) is 0 Å². The summed E-state index contributed by atoms with van der Waals surface area (Å²) in [5.41, 5.74) is 3.04. The molecule has 0 saturated heterocycles. The third-order valence-electron chi connectivity index (χ3n) is 3.14. The summed E-state index contributed by atoms with van der Waals surface area (Å²) in [6.07, 6.45) is 3.43. The van der Waals surface area contributed by atoms with Crippen molar-refractivity contribution in [3.8, 4) is 0 Å². The first-order valence-corrected chi connectivity index (χ1v) is 7.59. The molecule has 21 heavy (non-hydrogen) atoms. The molecule has 3 aromatic rings. The highest BCUT2D eigenvalue weighted by molar-refractivity contribution is 9.10. The molecule has 0 bridgehead atoms. The lowest BCUT2D eigenvalue weighted by Crippen LogP contribution is -2.06. The Morgan fingerprint density at radius 2 is 2.10 bits per heavy atom. The van der Waals surface area contributed by atoms with E-state index in [0.717, 1.165) is 16.9 Å². The third-order valence-corrected chi connectivity index (χ3v) is 3.99. The number of alkyl halides is 1. The number of hydrogen-bond acceptors (Lipinski definition) is 3. The van der Waals surface area contributed by atoms with Gasteiger partial charge in [-0.3, -0.25) is 9.97 Å². The fourth-order valence-electron chi connectivity index (χ4n) is 2.11. The van der Waals surface area contributed by atoms with Gasteiger partial charge in [-0.25, -0.2) is 9.37 Å². The fraction of sp³-hybridized carbons (Fsp3) is 0.214. The number of halogens is 3. The van der Waals surface area contributed by atoms with Gasteiger partial charge in [0.25, 0.3) is 0 Å². The summed E-state index contributed by atoms with van der Waals surface area (Å²) in [5, 5.41) is 0. The fourth-order valence-corrected chi connectivity index (χ4v) is 2.65. The normalized spacial score (nSPS) is 11.2. The largest absolute Gasteiger partial charge is 0.321 e. The Labute approximate surface area is 134 Å². The number of aryl methyl sites for hydroxylation is 1. The molecule has 0 fully saturated rings. The first kappa shape index (κ1) is 14.4. The number of nitrogens with zero attached hydrogens (tertiary/aromatic N) is 4. The first-order chi connectivity index (χ1) is 10.1. The number of hydrogen-bond donors (Lipinski definition) is 0. The van der Waals surface area contributed by atoms with Crippen LogP contribution in [0, 0.1) is 12.7 Å². The molecule has 1 aromatic carbocycles. The summed E-state index contributed by atoms with van der Waals surface area (Å²) in [4.78, 5) is 12.9. The first-order valence-electron chi connectivity index (χ1n) is 6.26. The van der Waals surface area contributed by atoms with Crippen LogP contribution in [0.3, 0.4) is 0 Å². The number of rotatable bonds is 3. The van der Waals surface area contributed by atoms with Gasteiger partial charge in [0.05, 0.1) is 45.5 Å². The molecule has 2 aromatic heterocycles. The lowest BCUT2D eigenvalue weighted by atomic mass is 10.3. The third kappa shape index (κ3) is 2.78. The number of fused-ring (bicyclic) bond motifs is 1. The average Bonchev–Trinajstić information content (AvgIpc) is 2.79. The SMILES string of the molecule is Cc1cnc(Cn2c(CCl)nc3cc(F)c(Br)cc32)cn1. The van der Waals surface area contributed by atoms with Crippen molar-refractivity contribution < 1.29 is 4.39 Å². The highest BCUT2D eigenvalue weighted by Crippen LogP contribution is 2.25. The van der Waals surface area contributed by atoms with Gasteiger partial charge in [-0.05, 0) is 28.9 Å². The maximum Gasteiger partial charge on any atom is 0.139 e. The van der Waals surface area contributed by atoms with Gasteiger partial charge < -0.3 is 4.57 Å². The van der Waals surface area contributed by atoms with Gasteiger partial charge in [0.15, 0.2) is 0 Å². The molecule has 2 heterocycles. The van der Waals surface area contributed by atoms with Crippen LogP contribution >= 0.6 is 27.5 Å². The van der Waals surface area contributed by atoms with Crippen LogP contribution in [0.5, 0.6) is 0 Å². The standard InChI is InChI=1S/C14H11BrClFN4/c1-8-5-19-9(6-18-8)7-21-13-2-10(15)11(17)3-12(13)20-14(21)4-16/h2-3,5-6H,4,7H2,1H3. The molecule has 3 rings (SSSR count). The van der Waals surface area contributed by atoms with Crippen LogP contribution in [0.1, 0.15) is 17.2 Å². The molecule has 0 aliphatic heterocycles. The highest BCUT2D eigenvalue weighted by atomic mass is 79.9. The molecule has 0 spiro atoms. The minimum atomic E-state index is -0.344. The van der Waals surface area contributed by atoms with E-state index in [0.29, 0.717) is 22.4 Å². The van der Waals surface area contributed by atoms with Crippen LogP contribution in [0.25, 0.3) is 11.0 Å². The van der Waals surface area contributed by atoms with Gasteiger partial charge in [0, 0.05) is 12.3 Å². The predicted molar refractivity (Wildman–Crippen MR) is 82.8 cm³/mol. The van der Waals surface area contributed by atoms with Crippen molar-refractivity contribution in [3.63, 3.8) is 0 Å². The Balaban J connectivity index is 2.11. The zero-order valence-electron chi connectivity index (χ0n) is 11.1. The molecule has 0 N–H and O–H groups in total. The van der Waals surface area contributed by atoms with E-state index in [1.54, 1.807) is 18.5 Å². The molecule has 0 aliphatic carbocycles. The zero-order chi connectivity index (χ0) is 15.0. The predicted octanol–water partition coefficient (Wildman–Crippen LogP) is 3.82. The Hall–Kier alpha value is -1.53. The van der Waals surface area contributed by atoms with Crippen LogP contribution in [0.2, 0.25) is 0 Å². The molecule has 4 nitrogen and oxygen atoms in total. The van der Waals surface area contributed by atoms with E-state index in [9.17, 15) is 4.39 Å². The Morgan fingerprint density at radius 1 is 1.29 bits per heavy atom. The van der Waals surface area contributed by atoms with Crippen molar-refractivity contribution in [2.45, 2.75) is 19.3 Å². The summed E-state index contributed by atoms with van der Waals surface area (Å²) in [6.45, 7) is 2.37. The van der Waals surface area contributed by atoms with E-state index in [-0.39, 0.29) is 11.7 Å². The van der Waals surface area contributed by atoms with E-state index in [1.165, 1.54) is 6.07 Å². The zero-order valence-corrected chi connectivity index (χ0v) is 13.5. The summed E-state index contributed by atoms with van der Waals surface area (Å²) in [6, 6.07) is 3.10. The van der Waals surface area contributed by atoms with Gasteiger partial charge in [0.2, 0.25) is 0 Å². The van der Waals surface area contributed by atoms with Gasteiger partial charge in [0.1, 0.15) is 11.6 Å². The summed E-state index contributed by atoms with van der Waals surface area (Å²) >= 11 is 9.15. The van der Waals surface area contributed by atoms with Crippen molar-refractivity contribution in [3.05, 3.63) is 52.0 Å². The molecule has 7 heteroatoms. The number of aromatic nitrogens is 4. The van der Waals surface area contributed by atoms with E-state index in [4.69, 9.17) is 11.6 Å². The molecule has 0 saturated carbocycles. The average molecular weight is 370 g/mol. The molecule has 0 radical (unpaired) electrons. The smallest absolute Gasteiger partial charge is 0.139 e. The van der Waals surface area contributed by atoms with Gasteiger partial charge >= 0.3 is 0 Å². The van der Waals surface area contributed by atoms with Crippen LogP contribution in [0.4, 0.5) is 4.39 Å². The molecule has 0 atom stereocenters. The molecule has 0 unspecified atom stereocenters. The topological polar surface area (TPSA) is 43.6 Å².